The number of hydrogen-bond acceptors (Lipinski definition) is 4. The first-order chi connectivity index (χ1) is 12.6. The van der Waals surface area contributed by atoms with Crippen molar-refractivity contribution in [3.63, 3.8) is 0 Å². The first kappa shape index (κ1) is 17.4. The number of nitrogens with zero attached hydrogens (tertiary/aromatic N) is 2. The highest BCUT2D eigenvalue weighted by Gasteiger charge is 2.08. The third kappa shape index (κ3) is 4.56. The van der Waals surface area contributed by atoms with Crippen molar-refractivity contribution in [3.8, 4) is 11.8 Å². The van der Waals surface area contributed by atoms with Crippen LogP contribution in [0.4, 0.5) is 5.69 Å². The molecule has 0 bridgehead atoms. The summed E-state index contributed by atoms with van der Waals surface area (Å²) in [7, 11) is 0. The monoisotopic (exact) mass is 360 g/mol. The molecule has 0 N–H and O–H groups in total. The molecular weight excluding hydrogens is 348 g/mol. The Morgan fingerprint density at radius 3 is 2.23 bits per heavy atom. The van der Waals surface area contributed by atoms with Crippen LogP contribution in [0.15, 0.2) is 77.8 Å². The summed E-state index contributed by atoms with van der Waals surface area (Å²) in [6.07, 6.45) is 1.69. The standard InChI is InChI=1S/C21H13ClN2O2/c22-18-7-11-20(12-8-18)26-21(25)17-5-1-16(2-6-17)14-24-19-9-3-15(13-23)4-10-19/h1-12,14H. The molecular formula is C21H13ClN2O2. The van der Waals surface area contributed by atoms with Gasteiger partial charge in [-0.3, -0.25) is 4.99 Å². The lowest BCUT2D eigenvalue weighted by Gasteiger charge is -2.04. The van der Waals surface area contributed by atoms with Crippen molar-refractivity contribution in [1.82, 2.24) is 0 Å². The molecule has 4 nitrogen and oxygen atoms in total. The van der Waals surface area contributed by atoms with Crippen molar-refractivity contribution >= 4 is 29.5 Å². The predicted octanol–water partition coefficient (Wildman–Crippen LogP) is 5.18. The van der Waals surface area contributed by atoms with Crippen LogP contribution >= 0.6 is 11.6 Å². The molecule has 5 heteroatoms. The van der Waals surface area contributed by atoms with E-state index < -0.39 is 5.97 Å². The van der Waals surface area contributed by atoms with Crippen LogP contribution in [0.3, 0.4) is 0 Å². The number of halogens is 1. The Hall–Kier alpha value is -3.42. The van der Waals surface area contributed by atoms with Crippen LogP contribution in [0.1, 0.15) is 21.5 Å². The van der Waals surface area contributed by atoms with Crippen LogP contribution < -0.4 is 4.74 Å². The molecule has 3 rings (SSSR count). The maximum absolute atomic E-state index is 12.1. The maximum atomic E-state index is 12.1. The number of carbonyl (C=O) groups is 1. The van der Waals surface area contributed by atoms with Crippen LogP contribution in [-0.2, 0) is 0 Å². The molecule has 0 aliphatic heterocycles. The van der Waals surface area contributed by atoms with Gasteiger partial charge in [-0.05, 0) is 66.2 Å². The summed E-state index contributed by atoms with van der Waals surface area (Å²) in [4.78, 5) is 16.5. The van der Waals surface area contributed by atoms with Crippen molar-refractivity contribution in [2.24, 2.45) is 4.99 Å². The zero-order valence-corrected chi connectivity index (χ0v) is 14.4. The molecule has 0 radical (unpaired) electrons. The number of aliphatic imine (C=N–C) groups is 1. The number of hydrogen-bond donors (Lipinski definition) is 0. The average Bonchev–Trinajstić information content (AvgIpc) is 2.69. The van der Waals surface area contributed by atoms with E-state index in [-0.39, 0.29) is 0 Å². The second-order valence-electron chi connectivity index (χ2n) is 5.38. The van der Waals surface area contributed by atoms with Gasteiger partial charge in [0.25, 0.3) is 0 Å². The number of ether oxygens (including phenoxy) is 1. The summed E-state index contributed by atoms with van der Waals surface area (Å²) in [5, 5.41) is 9.36. The van der Waals surface area contributed by atoms with Gasteiger partial charge in [-0.1, -0.05) is 23.7 Å². The average molecular weight is 361 g/mol. The largest absolute Gasteiger partial charge is 0.423 e. The molecule has 0 amide bonds. The minimum atomic E-state index is -0.442. The van der Waals surface area contributed by atoms with Crippen molar-refractivity contribution < 1.29 is 9.53 Å². The lowest BCUT2D eigenvalue weighted by Crippen LogP contribution is -2.08. The first-order valence-electron chi connectivity index (χ1n) is 7.76. The van der Waals surface area contributed by atoms with E-state index in [1.165, 1.54) is 0 Å². The Labute approximate surface area is 156 Å². The number of esters is 1. The van der Waals surface area contributed by atoms with E-state index >= 15 is 0 Å². The molecule has 126 valence electrons. The second-order valence-corrected chi connectivity index (χ2v) is 5.82. The van der Waals surface area contributed by atoms with Gasteiger partial charge in [0.15, 0.2) is 0 Å². The zero-order valence-electron chi connectivity index (χ0n) is 13.6. The van der Waals surface area contributed by atoms with E-state index in [1.54, 1.807) is 79.0 Å². The summed E-state index contributed by atoms with van der Waals surface area (Å²) in [6.45, 7) is 0. The van der Waals surface area contributed by atoms with Gasteiger partial charge >= 0.3 is 5.97 Å². The van der Waals surface area contributed by atoms with Gasteiger partial charge in [-0.15, -0.1) is 0 Å². The predicted molar refractivity (Wildman–Crippen MR) is 101 cm³/mol. The fourth-order valence-electron chi connectivity index (χ4n) is 2.14. The van der Waals surface area contributed by atoms with Gasteiger partial charge in [0.2, 0.25) is 0 Å². The number of benzene rings is 3. The van der Waals surface area contributed by atoms with E-state index in [2.05, 4.69) is 11.1 Å². The molecule has 0 aliphatic rings. The van der Waals surface area contributed by atoms with Crippen molar-refractivity contribution in [2.75, 3.05) is 0 Å². The van der Waals surface area contributed by atoms with Crippen molar-refractivity contribution in [2.45, 2.75) is 0 Å². The van der Waals surface area contributed by atoms with Crippen LogP contribution in [0.25, 0.3) is 0 Å². The van der Waals surface area contributed by atoms with Gasteiger partial charge < -0.3 is 4.74 Å². The third-order valence-corrected chi connectivity index (χ3v) is 3.78. The molecule has 0 heterocycles. The van der Waals surface area contributed by atoms with E-state index in [0.717, 1.165) is 11.3 Å². The Morgan fingerprint density at radius 1 is 0.962 bits per heavy atom. The van der Waals surface area contributed by atoms with Gasteiger partial charge in [-0.2, -0.15) is 5.26 Å². The quantitative estimate of drug-likeness (QED) is 0.366. The topological polar surface area (TPSA) is 62.5 Å². The van der Waals surface area contributed by atoms with Crippen molar-refractivity contribution in [3.05, 3.63) is 94.5 Å². The second kappa shape index (κ2) is 8.11. The van der Waals surface area contributed by atoms with E-state index in [0.29, 0.717) is 21.9 Å². The van der Waals surface area contributed by atoms with Crippen LogP contribution in [0.2, 0.25) is 5.02 Å². The third-order valence-electron chi connectivity index (χ3n) is 3.53. The smallest absolute Gasteiger partial charge is 0.343 e. The molecule has 26 heavy (non-hydrogen) atoms. The normalized spacial score (nSPS) is 10.5. The SMILES string of the molecule is N#Cc1ccc(N=Cc2ccc(C(=O)Oc3ccc(Cl)cc3)cc2)cc1. The zero-order chi connectivity index (χ0) is 18.4. The lowest BCUT2D eigenvalue weighted by atomic mass is 10.1. The fourth-order valence-corrected chi connectivity index (χ4v) is 2.27. The van der Waals surface area contributed by atoms with Gasteiger partial charge in [0.1, 0.15) is 5.75 Å². The maximum Gasteiger partial charge on any atom is 0.343 e. The van der Waals surface area contributed by atoms with E-state index in [9.17, 15) is 4.79 Å². The molecule has 3 aromatic carbocycles. The molecule has 0 spiro atoms. The molecule has 0 atom stereocenters. The van der Waals surface area contributed by atoms with Gasteiger partial charge in [0.05, 0.1) is 22.9 Å². The highest BCUT2D eigenvalue weighted by molar-refractivity contribution is 6.30. The number of nitriles is 1. The Kier molecular flexibility index (Phi) is 5.43. The van der Waals surface area contributed by atoms with Crippen LogP contribution in [-0.4, -0.2) is 12.2 Å². The van der Waals surface area contributed by atoms with Gasteiger partial charge in [-0.25, -0.2) is 4.79 Å². The Bertz CT molecular complexity index is 971. The van der Waals surface area contributed by atoms with Crippen molar-refractivity contribution in [1.29, 1.82) is 5.26 Å². The molecule has 0 saturated carbocycles. The molecule has 3 aromatic rings. The highest BCUT2D eigenvalue weighted by atomic mass is 35.5. The van der Waals surface area contributed by atoms with E-state index in [4.69, 9.17) is 21.6 Å². The summed E-state index contributed by atoms with van der Waals surface area (Å²) in [5.74, 6) is -0.00578. The molecule has 0 fully saturated rings. The molecule has 0 saturated heterocycles. The number of carbonyl (C=O) groups excluding carboxylic acids is 1. The summed E-state index contributed by atoms with van der Waals surface area (Å²) < 4.78 is 5.29. The summed E-state index contributed by atoms with van der Waals surface area (Å²) in [6, 6.07) is 22.5. The Balaban J connectivity index is 1.65. The van der Waals surface area contributed by atoms with Gasteiger partial charge in [0, 0.05) is 11.2 Å². The molecule has 0 aromatic heterocycles. The first-order valence-corrected chi connectivity index (χ1v) is 8.14. The van der Waals surface area contributed by atoms with E-state index in [1.807, 2.05) is 0 Å². The van der Waals surface area contributed by atoms with Crippen LogP contribution in [0, 0.1) is 11.3 Å². The fraction of sp³-hybridized carbons (Fsp3) is 0. The Morgan fingerprint density at radius 2 is 1.62 bits per heavy atom. The van der Waals surface area contributed by atoms with Crippen LogP contribution in [0.5, 0.6) is 5.75 Å². The lowest BCUT2D eigenvalue weighted by molar-refractivity contribution is 0.0735. The summed E-state index contributed by atoms with van der Waals surface area (Å²) in [5.41, 5.74) is 2.62. The minimum Gasteiger partial charge on any atom is -0.423 e. The molecule has 0 unspecified atom stereocenters. The highest BCUT2D eigenvalue weighted by Crippen LogP contribution is 2.17. The molecule has 0 aliphatic carbocycles. The minimum absolute atomic E-state index is 0.436. The number of rotatable bonds is 4. The summed E-state index contributed by atoms with van der Waals surface area (Å²) >= 11 is 5.80.